The topological polar surface area (TPSA) is 11.4 Å². The van der Waals surface area contributed by atoms with Gasteiger partial charge in [-0.2, -0.15) is 0 Å². The molecule has 0 amide bonds. The minimum absolute atomic E-state index is 0.0149. The smallest absolute Gasteiger partial charge is 0.273 e. The first-order chi connectivity index (χ1) is 32.0. The van der Waals surface area contributed by atoms with Crippen molar-refractivity contribution in [2.75, 3.05) is 9.80 Å². The Hall–Kier alpha value is -5.84. The van der Waals surface area contributed by atoms with Crippen molar-refractivity contribution in [2.24, 2.45) is 0 Å². The minimum atomic E-state index is -0.299. The number of nitrogens with zero attached hydrogens (tertiary/aromatic N) is 3. The van der Waals surface area contributed by atoms with Crippen molar-refractivity contribution in [3.8, 4) is 5.69 Å². The van der Waals surface area contributed by atoms with E-state index in [0.29, 0.717) is 16.4 Å². The molecule has 0 saturated heterocycles. The van der Waals surface area contributed by atoms with Crippen LogP contribution in [-0.2, 0) is 21.7 Å². The number of aromatic nitrogens is 1. The number of benzene rings is 7. The monoisotopic (exact) mass is 895 g/mol. The van der Waals surface area contributed by atoms with E-state index < -0.39 is 0 Å². The summed E-state index contributed by atoms with van der Waals surface area (Å²) in [5, 5.41) is 3.69. The Labute approximate surface area is 411 Å². The van der Waals surface area contributed by atoms with Gasteiger partial charge in [-0.05, 0) is 109 Å². The van der Waals surface area contributed by atoms with Gasteiger partial charge in [0.05, 0.1) is 11.2 Å². The van der Waals surface area contributed by atoms with Crippen LogP contribution in [0.25, 0.3) is 36.8 Å². The fraction of sp³-hybridized carbons (Fsp3) is 0.267. The molecule has 8 heteroatoms. The maximum atomic E-state index is 7.59. The van der Waals surface area contributed by atoms with Crippen LogP contribution in [-0.4, -0.2) is 34.8 Å². The fourth-order valence-corrected chi connectivity index (χ4v) is 12.1. The number of hydrogen-bond donors (Lipinski definition) is 0. The van der Waals surface area contributed by atoms with E-state index in [4.69, 9.17) is 23.5 Å². The van der Waals surface area contributed by atoms with Gasteiger partial charge in [0, 0.05) is 65.3 Å². The number of thiophene rings is 1. The molecule has 7 aromatic carbocycles. The van der Waals surface area contributed by atoms with E-state index in [-0.39, 0.29) is 28.4 Å². The van der Waals surface area contributed by atoms with Gasteiger partial charge in [0.15, 0.2) is 0 Å². The lowest BCUT2D eigenvalue weighted by molar-refractivity contribution is 0.590. The maximum absolute atomic E-state index is 7.59. The molecule has 0 atom stereocenters. The summed E-state index contributed by atoms with van der Waals surface area (Å²) in [6, 6.07) is 47.9. The molecule has 2 aliphatic rings. The Bertz CT molecular complexity index is 3520. The first-order valence-corrected chi connectivity index (χ1v) is 24.9. The number of anilines is 6. The number of fused-ring (bicyclic) bond motifs is 10. The van der Waals surface area contributed by atoms with Gasteiger partial charge >= 0.3 is 0 Å². The van der Waals surface area contributed by atoms with E-state index in [9.17, 15) is 0 Å². The second-order valence-electron chi connectivity index (χ2n) is 23.4. The van der Waals surface area contributed by atoms with Crippen molar-refractivity contribution in [3.63, 3.8) is 0 Å². The molecule has 2 aromatic heterocycles. The van der Waals surface area contributed by atoms with Crippen molar-refractivity contribution in [3.05, 3.63) is 150 Å². The molecule has 9 aromatic rings. The van der Waals surface area contributed by atoms with Gasteiger partial charge in [-0.25, -0.2) is 0 Å². The molecule has 0 N–H and O–H groups in total. The Kier molecular flexibility index (Phi) is 9.90. The third kappa shape index (κ3) is 6.71. The molecule has 4 heterocycles. The average Bonchev–Trinajstić information content (AvgIpc) is 3.84. The first-order valence-electron chi connectivity index (χ1n) is 24.1. The summed E-state index contributed by atoms with van der Waals surface area (Å²) in [6.07, 6.45) is 0. The SMILES string of the molecule is [B]c1c([B])c2c3c(c1[B])N(c1ccc(C(C)(C)C)cc1)c1c(n(-c4ccc(C(C)(C)C)cc4)c4ccc5c6ccccc6sc5c14)B3c1cc(C(C)(C)C)ccc1N2c1ccc(C(C)(C)C)cc1. The summed E-state index contributed by atoms with van der Waals surface area (Å²) in [4.78, 5) is 4.80. The largest absolute Gasteiger partial charge is 0.319 e. The standard InChI is InChI=1S/C60H57B4N3S/c1-57(2,3)34-17-24-38(25-18-34)65-44-31-23-37(60(10,11)12)33-43(44)64-51-53(65)49(62)48(61)50(63)54(51)67(40-28-21-36(22-29-40)59(7,8)9)52-47-45(32-30-42-41-15-13-14-16-46(41)68-55(42)47)66(56(52)64)39-26-19-35(20-27-39)58(4,5)6/h13-33H,1-12H3. The molecule has 0 spiro atoms. The van der Waals surface area contributed by atoms with Gasteiger partial charge in [-0.1, -0.05) is 167 Å². The van der Waals surface area contributed by atoms with Crippen molar-refractivity contribution in [1.29, 1.82) is 0 Å². The van der Waals surface area contributed by atoms with Crippen LogP contribution in [0.1, 0.15) is 105 Å². The Morgan fingerprint density at radius 3 is 1.49 bits per heavy atom. The average molecular weight is 895 g/mol. The Morgan fingerprint density at radius 1 is 0.456 bits per heavy atom. The summed E-state index contributed by atoms with van der Waals surface area (Å²) in [5.41, 5.74) is 17.8. The van der Waals surface area contributed by atoms with Crippen LogP contribution in [0.3, 0.4) is 0 Å². The first kappa shape index (κ1) is 44.7. The number of rotatable bonds is 3. The van der Waals surface area contributed by atoms with Gasteiger partial charge < -0.3 is 14.4 Å². The van der Waals surface area contributed by atoms with Crippen LogP contribution < -0.4 is 42.7 Å². The zero-order chi connectivity index (χ0) is 48.1. The quantitative estimate of drug-likeness (QED) is 0.164. The summed E-state index contributed by atoms with van der Waals surface area (Å²) in [7, 11) is 22.4. The van der Waals surface area contributed by atoms with Crippen molar-refractivity contribution < 1.29 is 0 Å². The molecule has 3 nitrogen and oxygen atoms in total. The van der Waals surface area contributed by atoms with Crippen LogP contribution in [0.2, 0.25) is 0 Å². The van der Waals surface area contributed by atoms with Gasteiger partial charge in [-0.3, -0.25) is 0 Å². The third-order valence-electron chi connectivity index (χ3n) is 14.7. The Morgan fingerprint density at radius 2 is 0.941 bits per heavy atom. The van der Waals surface area contributed by atoms with Gasteiger partial charge in [0.1, 0.15) is 23.5 Å². The van der Waals surface area contributed by atoms with E-state index in [2.05, 4.69) is 225 Å². The van der Waals surface area contributed by atoms with E-state index >= 15 is 0 Å². The highest BCUT2D eigenvalue weighted by Gasteiger charge is 2.48. The molecule has 6 radical (unpaired) electrons. The van der Waals surface area contributed by atoms with Gasteiger partial charge in [0.2, 0.25) is 0 Å². The van der Waals surface area contributed by atoms with Crippen LogP contribution in [0.4, 0.5) is 34.1 Å². The summed E-state index contributed by atoms with van der Waals surface area (Å²) >= 11 is 1.87. The second-order valence-corrected chi connectivity index (χ2v) is 24.4. The van der Waals surface area contributed by atoms with E-state index in [1.54, 1.807) is 0 Å². The fourth-order valence-electron chi connectivity index (χ4n) is 10.9. The minimum Gasteiger partial charge on any atom is -0.319 e. The van der Waals surface area contributed by atoms with Crippen LogP contribution in [0, 0.1) is 0 Å². The molecule has 0 fully saturated rings. The molecule has 68 heavy (non-hydrogen) atoms. The van der Waals surface area contributed by atoms with Crippen molar-refractivity contribution in [1.82, 2.24) is 4.57 Å². The summed E-state index contributed by atoms with van der Waals surface area (Å²) in [6.45, 7) is 27.0. The molecule has 0 bridgehead atoms. The molecule has 0 saturated carbocycles. The molecule has 2 aliphatic heterocycles. The molecule has 0 aliphatic carbocycles. The molecule has 0 unspecified atom stereocenters. The van der Waals surface area contributed by atoms with Crippen LogP contribution in [0.15, 0.2) is 127 Å². The molecule has 11 rings (SSSR count). The van der Waals surface area contributed by atoms with Crippen LogP contribution in [0.5, 0.6) is 0 Å². The Balaban J connectivity index is 1.36. The highest BCUT2D eigenvalue weighted by Crippen LogP contribution is 2.50. The van der Waals surface area contributed by atoms with Crippen LogP contribution >= 0.6 is 11.3 Å². The molecular formula is C60H57B4N3S. The summed E-state index contributed by atoms with van der Waals surface area (Å²) < 4.78 is 5.05. The lowest BCUT2D eigenvalue weighted by Crippen LogP contribution is -2.67. The highest BCUT2D eigenvalue weighted by molar-refractivity contribution is 7.26. The molecule has 330 valence electrons. The normalized spacial score (nSPS) is 14.0. The maximum Gasteiger partial charge on any atom is 0.273 e. The van der Waals surface area contributed by atoms with E-state index in [1.807, 2.05) is 11.3 Å². The lowest BCUT2D eigenvalue weighted by Gasteiger charge is -2.46. The van der Waals surface area contributed by atoms with Crippen molar-refractivity contribution in [2.45, 2.75) is 105 Å². The van der Waals surface area contributed by atoms with Gasteiger partial charge in [-0.15, -0.1) is 16.8 Å². The molecular weight excluding hydrogens is 838 g/mol. The zero-order valence-electron chi connectivity index (χ0n) is 41.7. The summed E-state index contributed by atoms with van der Waals surface area (Å²) in [5.74, 6) is 0. The lowest BCUT2D eigenvalue weighted by atomic mass is 9.33. The van der Waals surface area contributed by atoms with E-state index in [1.165, 1.54) is 58.9 Å². The second kappa shape index (κ2) is 15.1. The van der Waals surface area contributed by atoms with E-state index in [0.717, 1.165) is 50.8 Å². The predicted molar refractivity (Wildman–Crippen MR) is 301 cm³/mol. The third-order valence-corrected chi connectivity index (χ3v) is 15.9. The number of hydrogen-bond acceptors (Lipinski definition) is 3. The zero-order valence-corrected chi connectivity index (χ0v) is 42.5. The highest BCUT2D eigenvalue weighted by atomic mass is 32.1. The predicted octanol–water partition coefficient (Wildman–Crippen LogP) is 11.7. The van der Waals surface area contributed by atoms with Crippen molar-refractivity contribution >= 4 is 140 Å². The van der Waals surface area contributed by atoms with Gasteiger partial charge in [0.25, 0.3) is 6.71 Å².